The fourth-order valence-electron chi connectivity index (χ4n) is 1.42. The predicted molar refractivity (Wildman–Crippen MR) is 69.0 cm³/mol. The van der Waals surface area contributed by atoms with Gasteiger partial charge >= 0.3 is 0 Å². The second-order valence-corrected chi connectivity index (χ2v) is 5.07. The van der Waals surface area contributed by atoms with Crippen molar-refractivity contribution in [3.8, 4) is 0 Å². The molecular weight excluding hydrogens is 240 g/mol. The summed E-state index contributed by atoms with van der Waals surface area (Å²) < 4.78 is 0. The average Bonchev–Trinajstić information content (AvgIpc) is 2.70. The number of aromatic nitrogens is 1. The van der Waals surface area contributed by atoms with Crippen LogP contribution in [0.5, 0.6) is 0 Å². The van der Waals surface area contributed by atoms with Crippen LogP contribution in [0.15, 0.2) is 29.6 Å². The molecule has 0 radical (unpaired) electrons. The molecule has 1 aromatic heterocycles. The van der Waals surface area contributed by atoms with Crippen molar-refractivity contribution < 1.29 is 0 Å². The van der Waals surface area contributed by atoms with E-state index in [0.717, 1.165) is 27.7 Å². The third-order valence-corrected chi connectivity index (χ3v) is 3.57. The first kappa shape index (κ1) is 11.6. The third-order valence-electron chi connectivity index (χ3n) is 2.34. The standard InChI is InChI=1S/C12H13ClN2S/c1-8(14)11-7-16-12(15-11)6-9-4-2-3-5-10(9)13/h2-5,7-8H,6,14H2,1H3. The monoisotopic (exact) mass is 252 g/mol. The van der Waals surface area contributed by atoms with E-state index in [4.69, 9.17) is 17.3 Å². The van der Waals surface area contributed by atoms with Crippen molar-refractivity contribution in [1.82, 2.24) is 4.98 Å². The number of benzene rings is 1. The first-order chi connectivity index (χ1) is 7.66. The van der Waals surface area contributed by atoms with Crippen molar-refractivity contribution in [2.45, 2.75) is 19.4 Å². The quantitative estimate of drug-likeness (QED) is 0.909. The Morgan fingerprint density at radius 1 is 1.44 bits per heavy atom. The zero-order valence-corrected chi connectivity index (χ0v) is 10.6. The molecule has 2 aromatic rings. The molecule has 4 heteroatoms. The lowest BCUT2D eigenvalue weighted by Crippen LogP contribution is -2.05. The van der Waals surface area contributed by atoms with Crippen molar-refractivity contribution in [1.29, 1.82) is 0 Å². The Hall–Kier alpha value is -0.900. The van der Waals surface area contributed by atoms with Crippen molar-refractivity contribution >= 4 is 22.9 Å². The molecule has 1 heterocycles. The molecule has 0 amide bonds. The molecule has 84 valence electrons. The van der Waals surface area contributed by atoms with Crippen LogP contribution in [0.1, 0.15) is 29.2 Å². The van der Waals surface area contributed by atoms with Crippen LogP contribution < -0.4 is 5.73 Å². The molecule has 2 N–H and O–H groups in total. The molecule has 0 spiro atoms. The highest BCUT2D eigenvalue weighted by Crippen LogP contribution is 2.22. The van der Waals surface area contributed by atoms with E-state index in [2.05, 4.69) is 4.98 Å². The molecule has 1 unspecified atom stereocenters. The van der Waals surface area contributed by atoms with Gasteiger partial charge < -0.3 is 5.73 Å². The maximum Gasteiger partial charge on any atom is 0.0973 e. The van der Waals surface area contributed by atoms with Gasteiger partial charge in [0.1, 0.15) is 0 Å². The highest BCUT2D eigenvalue weighted by molar-refractivity contribution is 7.09. The zero-order chi connectivity index (χ0) is 11.5. The molecular formula is C12H13ClN2S. The minimum absolute atomic E-state index is 0.00348. The van der Waals surface area contributed by atoms with Crippen LogP contribution in [-0.2, 0) is 6.42 Å². The van der Waals surface area contributed by atoms with Gasteiger partial charge in [0.2, 0.25) is 0 Å². The summed E-state index contributed by atoms with van der Waals surface area (Å²) in [5, 5.41) is 3.86. The fraction of sp³-hybridized carbons (Fsp3) is 0.250. The van der Waals surface area contributed by atoms with Crippen LogP contribution in [0, 0.1) is 0 Å². The van der Waals surface area contributed by atoms with E-state index in [0.29, 0.717) is 0 Å². The summed E-state index contributed by atoms with van der Waals surface area (Å²) in [7, 11) is 0. The lowest BCUT2D eigenvalue weighted by Gasteiger charge is -2.01. The van der Waals surface area contributed by atoms with Crippen molar-refractivity contribution in [3.63, 3.8) is 0 Å². The number of nitrogens with zero attached hydrogens (tertiary/aromatic N) is 1. The van der Waals surface area contributed by atoms with E-state index < -0.39 is 0 Å². The molecule has 2 nitrogen and oxygen atoms in total. The summed E-state index contributed by atoms with van der Waals surface area (Å²) in [5.41, 5.74) is 7.83. The Labute approximate surface area is 104 Å². The lowest BCUT2D eigenvalue weighted by atomic mass is 10.1. The molecule has 0 aliphatic rings. The Balaban J connectivity index is 2.18. The topological polar surface area (TPSA) is 38.9 Å². The molecule has 2 rings (SSSR count). The molecule has 0 saturated carbocycles. The molecule has 0 bridgehead atoms. The fourth-order valence-corrected chi connectivity index (χ4v) is 2.54. The van der Waals surface area contributed by atoms with Gasteiger partial charge in [0.25, 0.3) is 0 Å². The second kappa shape index (κ2) is 4.95. The highest BCUT2D eigenvalue weighted by Gasteiger charge is 2.07. The Morgan fingerprint density at radius 3 is 2.81 bits per heavy atom. The number of hydrogen-bond acceptors (Lipinski definition) is 3. The van der Waals surface area contributed by atoms with Gasteiger partial charge in [0.15, 0.2) is 0 Å². The number of nitrogens with two attached hydrogens (primary N) is 1. The second-order valence-electron chi connectivity index (χ2n) is 3.72. The maximum atomic E-state index is 6.10. The predicted octanol–water partition coefficient (Wildman–Crippen LogP) is 3.41. The van der Waals surface area contributed by atoms with E-state index in [1.54, 1.807) is 11.3 Å². The van der Waals surface area contributed by atoms with Crippen LogP contribution in [0.3, 0.4) is 0 Å². The summed E-state index contributed by atoms with van der Waals surface area (Å²) in [6.07, 6.45) is 0.775. The van der Waals surface area contributed by atoms with Crippen LogP contribution in [0.4, 0.5) is 0 Å². The van der Waals surface area contributed by atoms with Gasteiger partial charge in [-0.25, -0.2) is 4.98 Å². The largest absolute Gasteiger partial charge is 0.323 e. The summed E-state index contributed by atoms with van der Waals surface area (Å²) in [5.74, 6) is 0. The normalized spacial score (nSPS) is 12.7. The van der Waals surface area contributed by atoms with Crippen LogP contribution in [-0.4, -0.2) is 4.98 Å². The molecule has 0 aliphatic carbocycles. The smallest absolute Gasteiger partial charge is 0.0973 e. The average molecular weight is 253 g/mol. The molecule has 16 heavy (non-hydrogen) atoms. The molecule has 0 saturated heterocycles. The Kier molecular flexibility index (Phi) is 3.59. The first-order valence-electron chi connectivity index (χ1n) is 5.10. The van der Waals surface area contributed by atoms with E-state index in [1.165, 1.54) is 0 Å². The lowest BCUT2D eigenvalue weighted by molar-refractivity contribution is 0.784. The highest BCUT2D eigenvalue weighted by atomic mass is 35.5. The summed E-state index contributed by atoms with van der Waals surface area (Å²) in [4.78, 5) is 4.48. The van der Waals surface area contributed by atoms with E-state index in [1.807, 2.05) is 36.6 Å². The molecule has 1 aromatic carbocycles. The third kappa shape index (κ3) is 2.61. The van der Waals surface area contributed by atoms with Crippen molar-refractivity contribution in [2.75, 3.05) is 0 Å². The maximum absolute atomic E-state index is 6.10. The van der Waals surface area contributed by atoms with E-state index in [-0.39, 0.29) is 6.04 Å². The van der Waals surface area contributed by atoms with Gasteiger partial charge in [-0.2, -0.15) is 0 Å². The van der Waals surface area contributed by atoms with Gasteiger partial charge in [-0.1, -0.05) is 29.8 Å². The Bertz CT molecular complexity index is 479. The molecule has 1 atom stereocenters. The van der Waals surface area contributed by atoms with Crippen LogP contribution >= 0.6 is 22.9 Å². The number of halogens is 1. The minimum atomic E-state index is -0.00348. The van der Waals surface area contributed by atoms with Gasteiger partial charge in [-0.05, 0) is 18.6 Å². The van der Waals surface area contributed by atoms with Gasteiger partial charge in [0, 0.05) is 22.9 Å². The minimum Gasteiger partial charge on any atom is -0.323 e. The van der Waals surface area contributed by atoms with Gasteiger partial charge in [0.05, 0.1) is 10.7 Å². The summed E-state index contributed by atoms with van der Waals surface area (Å²) in [6, 6.07) is 7.84. The van der Waals surface area contributed by atoms with Gasteiger partial charge in [-0.3, -0.25) is 0 Å². The first-order valence-corrected chi connectivity index (χ1v) is 6.36. The van der Waals surface area contributed by atoms with Crippen LogP contribution in [0.2, 0.25) is 5.02 Å². The summed E-state index contributed by atoms with van der Waals surface area (Å²) >= 11 is 7.73. The Morgan fingerprint density at radius 2 is 2.19 bits per heavy atom. The van der Waals surface area contributed by atoms with Crippen molar-refractivity contribution in [2.24, 2.45) is 5.73 Å². The number of rotatable bonds is 3. The number of hydrogen-bond donors (Lipinski definition) is 1. The van der Waals surface area contributed by atoms with E-state index in [9.17, 15) is 0 Å². The van der Waals surface area contributed by atoms with Crippen molar-refractivity contribution in [3.05, 3.63) is 50.9 Å². The zero-order valence-electron chi connectivity index (χ0n) is 8.98. The summed E-state index contributed by atoms with van der Waals surface area (Å²) in [6.45, 7) is 1.94. The van der Waals surface area contributed by atoms with Crippen LogP contribution in [0.25, 0.3) is 0 Å². The van der Waals surface area contributed by atoms with Gasteiger partial charge in [-0.15, -0.1) is 11.3 Å². The van der Waals surface area contributed by atoms with E-state index >= 15 is 0 Å². The SMILES string of the molecule is CC(N)c1csc(Cc2ccccc2Cl)n1. The molecule has 0 aliphatic heterocycles. The number of thiazole rings is 1. The molecule has 0 fully saturated rings.